The van der Waals surface area contributed by atoms with Crippen LogP contribution in [-0.4, -0.2) is 46.9 Å². The van der Waals surface area contributed by atoms with E-state index in [1.807, 2.05) is 30.3 Å². The van der Waals surface area contributed by atoms with Crippen LogP contribution in [0.25, 0.3) is 0 Å². The van der Waals surface area contributed by atoms with Crippen molar-refractivity contribution in [2.45, 2.75) is 24.9 Å². The molecule has 2 aromatic rings. The van der Waals surface area contributed by atoms with Gasteiger partial charge in [-0.3, -0.25) is 24.6 Å². The van der Waals surface area contributed by atoms with Crippen molar-refractivity contribution in [1.29, 1.82) is 0 Å². The molecular formula is C23H22ClN3O4. The number of hydrogen-bond acceptors (Lipinski definition) is 5. The summed E-state index contributed by atoms with van der Waals surface area (Å²) in [5, 5.41) is 16.5. The number of nitrogens with one attached hydrogen (secondary N) is 2. The van der Waals surface area contributed by atoms with E-state index in [9.17, 15) is 19.5 Å². The first-order valence-electron chi connectivity index (χ1n) is 10.3. The van der Waals surface area contributed by atoms with E-state index in [0.717, 1.165) is 5.56 Å². The monoisotopic (exact) mass is 439 g/mol. The van der Waals surface area contributed by atoms with Crippen molar-refractivity contribution < 1.29 is 19.5 Å². The standard InChI is InChI=1S/C23H22ClN3O4/c1-12-15(24)8-7-14-19(12)25-22(31)23(14)18-17(16(11-28)26-23)20(29)27(21(18)30)10-9-13-5-3-2-4-6-13/h2-8,16-18,26,28H,9-11H2,1H3,(H,25,31). The molecule has 0 radical (unpaired) electrons. The van der Waals surface area contributed by atoms with Crippen LogP contribution in [0.3, 0.4) is 0 Å². The molecule has 0 aromatic heterocycles. The Morgan fingerprint density at radius 1 is 1.10 bits per heavy atom. The van der Waals surface area contributed by atoms with Gasteiger partial charge in [-0.05, 0) is 30.5 Å². The number of carbonyl (C=O) groups excluding carboxylic acids is 3. The van der Waals surface area contributed by atoms with Gasteiger partial charge in [0.2, 0.25) is 17.7 Å². The van der Waals surface area contributed by atoms with Crippen LogP contribution in [-0.2, 0) is 26.3 Å². The van der Waals surface area contributed by atoms with Gasteiger partial charge >= 0.3 is 0 Å². The first-order chi connectivity index (χ1) is 14.9. The molecule has 4 unspecified atom stereocenters. The van der Waals surface area contributed by atoms with E-state index in [0.29, 0.717) is 28.3 Å². The lowest BCUT2D eigenvalue weighted by Gasteiger charge is -2.29. The molecule has 3 N–H and O–H groups in total. The summed E-state index contributed by atoms with van der Waals surface area (Å²) in [5.41, 5.74) is 1.47. The van der Waals surface area contributed by atoms with Crippen LogP contribution in [0.5, 0.6) is 0 Å². The van der Waals surface area contributed by atoms with Gasteiger partial charge in [0, 0.05) is 23.2 Å². The maximum atomic E-state index is 13.5. The van der Waals surface area contributed by atoms with Gasteiger partial charge in [-0.25, -0.2) is 0 Å². The first-order valence-corrected chi connectivity index (χ1v) is 10.7. The molecule has 7 nitrogen and oxygen atoms in total. The summed E-state index contributed by atoms with van der Waals surface area (Å²) in [6.07, 6.45) is 0.527. The number of rotatable bonds is 4. The van der Waals surface area contributed by atoms with Gasteiger partial charge in [0.05, 0.1) is 24.1 Å². The zero-order valence-electron chi connectivity index (χ0n) is 16.9. The highest BCUT2D eigenvalue weighted by Gasteiger charge is 2.70. The quantitative estimate of drug-likeness (QED) is 0.628. The van der Waals surface area contributed by atoms with E-state index in [4.69, 9.17) is 11.6 Å². The Labute approximate surface area is 184 Å². The Morgan fingerprint density at radius 3 is 2.55 bits per heavy atom. The molecule has 3 heterocycles. The minimum absolute atomic E-state index is 0.233. The number of fused-ring (bicyclic) bond motifs is 4. The molecular weight excluding hydrogens is 418 g/mol. The van der Waals surface area contributed by atoms with Crippen molar-refractivity contribution >= 4 is 35.0 Å². The zero-order valence-corrected chi connectivity index (χ0v) is 17.6. The molecule has 2 aromatic carbocycles. The summed E-state index contributed by atoms with van der Waals surface area (Å²) in [7, 11) is 0. The van der Waals surface area contributed by atoms with Crippen LogP contribution in [0.2, 0.25) is 5.02 Å². The molecule has 3 amide bonds. The number of amides is 3. The fraction of sp³-hybridized carbons (Fsp3) is 0.348. The second-order valence-corrected chi connectivity index (χ2v) is 8.76. The van der Waals surface area contributed by atoms with Gasteiger partial charge in [0.1, 0.15) is 5.54 Å². The number of aliphatic hydroxyl groups is 1. The molecule has 0 bridgehead atoms. The summed E-state index contributed by atoms with van der Waals surface area (Å²) in [5.74, 6) is -2.85. The third-order valence-corrected chi connectivity index (χ3v) is 7.25. The maximum Gasteiger partial charge on any atom is 0.250 e. The van der Waals surface area contributed by atoms with Crippen molar-refractivity contribution in [1.82, 2.24) is 10.2 Å². The summed E-state index contributed by atoms with van der Waals surface area (Å²) in [6, 6.07) is 12.3. The average Bonchev–Trinajstić information content (AvgIpc) is 3.35. The third-order valence-electron chi connectivity index (χ3n) is 6.84. The number of hydrogen-bond donors (Lipinski definition) is 3. The molecule has 8 heteroatoms. The molecule has 0 saturated carbocycles. The van der Waals surface area contributed by atoms with Crippen LogP contribution in [0.15, 0.2) is 42.5 Å². The Kier molecular flexibility index (Phi) is 4.66. The van der Waals surface area contributed by atoms with Crippen molar-refractivity contribution in [2.24, 2.45) is 11.8 Å². The van der Waals surface area contributed by atoms with Gasteiger partial charge in [0.25, 0.3) is 0 Å². The molecule has 3 aliphatic heterocycles. The van der Waals surface area contributed by atoms with Crippen LogP contribution in [0.1, 0.15) is 16.7 Å². The second kappa shape index (κ2) is 7.15. The lowest BCUT2D eigenvalue weighted by molar-refractivity contribution is -0.142. The molecule has 31 heavy (non-hydrogen) atoms. The van der Waals surface area contributed by atoms with E-state index in [1.165, 1.54) is 4.90 Å². The van der Waals surface area contributed by atoms with Crippen molar-refractivity contribution in [3.05, 3.63) is 64.2 Å². The minimum Gasteiger partial charge on any atom is -0.395 e. The van der Waals surface area contributed by atoms with Gasteiger partial charge in [-0.1, -0.05) is 48.0 Å². The van der Waals surface area contributed by atoms with Gasteiger partial charge in [-0.15, -0.1) is 0 Å². The smallest absolute Gasteiger partial charge is 0.250 e. The normalized spacial score (nSPS) is 28.9. The first kappa shape index (κ1) is 20.2. The Balaban J connectivity index is 1.55. The highest BCUT2D eigenvalue weighted by Crippen LogP contribution is 2.53. The highest BCUT2D eigenvalue weighted by atomic mass is 35.5. The molecule has 4 atom stereocenters. The number of likely N-dealkylation sites (tertiary alicyclic amines) is 1. The maximum absolute atomic E-state index is 13.5. The molecule has 1 spiro atoms. The predicted octanol–water partition coefficient (Wildman–Crippen LogP) is 1.60. The Bertz CT molecular complexity index is 1110. The summed E-state index contributed by atoms with van der Waals surface area (Å²) >= 11 is 6.24. The topological polar surface area (TPSA) is 98.7 Å². The van der Waals surface area contributed by atoms with E-state index >= 15 is 0 Å². The summed E-state index contributed by atoms with van der Waals surface area (Å²) in [6.45, 7) is 1.67. The number of carbonyl (C=O) groups is 3. The van der Waals surface area contributed by atoms with E-state index in [1.54, 1.807) is 19.1 Å². The predicted molar refractivity (Wildman–Crippen MR) is 114 cm³/mol. The lowest BCUT2D eigenvalue weighted by atomic mass is 9.76. The van der Waals surface area contributed by atoms with Crippen LogP contribution >= 0.6 is 11.6 Å². The number of halogens is 1. The van der Waals surface area contributed by atoms with Crippen LogP contribution < -0.4 is 10.6 Å². The highest BCUT2D eigenvalue weighted by molar-refractivity contribution is 6.32. The molecule has 0 aliphatic carbocycles. The lowest BCUT2D eigenvalue weighted by Crippen LogP contribution is -2.53. The fourth-order valence-electron chi connectivity index (χ4n) is 5.31. The van der Waals surface area contributed by atoms with Gasteiger partial charge in [-0.2, -0.15) is 0 Å². The second-order valence-electron chi connectivity index (χ2n) is 8.36. The molecule has 2 fully saturated rings. The SMILES string of the molecule is Cc1c(Cl)ccc2c1NC(=O)C21NC(CO)C2C(=O)N(CCc3ccccc3)C(=O)C21. The van der Waals surface area contributed by atoms with Crippen molar-refractivity contribution in [2.75, 3.05) is 18.5 Å². The third kappa shape index (κ3) is 2.70. The van der Waals surface area contributed by atoms with E-state index < -0.39 is 29.3 Å². The minimum atomic E-state index is -1.41. The van der Waals surface area contributed by atoms with Crippen LogP contribution in [0, 0.1) is 18.8 Å². The largest absolute Gasteiger partial charge is 0.395 e. The van der Waals surface area contributed by atoms with Gasteiger partial charge in [0.15, 0.2) is 0 Å². The number of benzene rings is 2. The Morgan fingerprint density at radius 2 is 1.84 bits per heavy atom. The molecule has 3 aliphatic rings. The van der Waals surface area contributed by atoms with Crippen LogP contribution in [0.4, 0.5) is 5.69 Å². The van der Waals surface area contributed by atoms with Gasteiger partial charge < -0.3 is 10.4 Å². The molecule has 5 rings (SSSR count). The summed E-state index contributed by atoms with van der Waals surface area (Å²) < 4.78 is 0. The number of anilines is 1. The molecule has 160 valence electrons. The van der Waals surface area contributed by atoms with E-state index in [2.05, 4.69) is 10.6 Å². The number of aliphatic hydroxyl groups excluding tert-OH is 1. The number of imide groups is 1. The fourth-order valence-corrected chi connectivity index (χ4v) is 5.47. The Hall–Kier alpha value is -2.74. The van der Waals surface area contributed by atoms with Crippen molar-refractivity contribution in [3.8, 4) is 0 Å². The average molecular weight is 440 g/mol. The van der Waals surface area contributed by atoms with E-state index in [-0.39, 0.29) is 25.0 Å². The number of nitrogens with zero attached hydrogens (tertiary/aromatic N) is 1. The van der Waals surface area contributed by atoms with Crippen molar-refractivity contribution in [3.63, 3.8) is 0 Å². The molecule has 2 saturated heterocycles. The summed E-state index contributed by atoms with van der Waals surface area (Å²) in [4.78, 5) is 41.3. The zero-order chi connectivity index (χ0) is 21.9.